The van der Waals surface area contributed by atoms with Crippen LogP contribution >= 0.6 is 0 Å². The molecule has 0 spiro atoms. The van der Waals surface area contributed by atoms with Crippen molar-refractivity contribution in [1.29, 1.82) is 0 Å². The van der Waals surface area contributed by atoms with Gasteiger partial charge in [0.15, 0.2) is 0 Å². The average Bonchev–Trinajstić information content (AvgIpc) is 2.76. The van der Waals surface area contributed by atoms with Crippen LogP contribution < -0.4 is 4.72 Å². The van der Waals surface area contributed by atoms with Crippen molar-refractivity contribution in [2.24, 2.45) is 5.92 Å². The van der Waals surface area contributed by atoms with Crippen molar-refractivity contribution < 1.29 is 8.42 Å². The highest BCUT2D eigenvalue weighted by Crippen LogP contribution is 2.28. The first-order valence-electron chi connectivity index (χ1n) is 6.97. The van der Waals surface area contributed by atoms with Gasteiger partial charge < -0.3 is 4.90 Å². The van der Waals surface area contributed by atoms with Crippen molar-refractivity contribution in [3.8, 4) is 0 Å². The minimum Gasteiger partial charge on any atom is -0.304 e. The second-order valence-electron chi connectivity index (χ2n) is 5.61. The van der Waals surface area contributed by atoms with Crippen molar-refractivity contribution in [2.45, 2.75) is 38.6 Å². The molecule has 1 aliphatic carbocycles. The van der Waals surface area contributed by atoms with Crippen molar-refractivity contribution >= 4 is 10.2 Å². The summed E-state index contributed by atoms with van der Waals surface area (Å²) in [6.07, 6.45) is 4.31. The lowest BCUT2D eigenvalue weighted by molar-refractivity contribution is 0.220. The maximum atomic E-state index is 12.2. The van der Waals surface area contributed by atoms with E-state index in [1.165, 1.54) is 0 Å². The molecule has 2 atom stereocenters. The van der Waals surface area contributed by atoms with E-state index in [0.717, 1.165) is 38.8 Å². The fraction of sp³-hybridized carbons (Fsp3) is 1.00. The first-order valence-corrected chi connectivity index (χ1v) is 8.41. The number of nitrogens with zero attached hydrogens (tertiary/aromatic N) is 2. The van der Waals surface area contributed by atoms with Gasteiger partial charge >= 0.3 is 0 Å². The van der Waals surface area contributed by atoms with Gasteiger partial charge in [-0.25, -0.2) is 0 Å². The van der Waals surface area contributed by atoms with Crippen LogP contribution in [0.2, 0.25) is 0 Å². The standard InChI is InChI=1S/C12H25N3O2S/c1-3-11-4-5-12(10-11)13-18(16,17)15-8-6-14(2)7-9-15/h11-13H,3-10H2,1-2H3/t11-,12+/m0/s1. The van der Waals surface area contributed by atoms with Gasteiger partial charge in [-0.2, -0.15) is 17.4 Å². The monoisotopic (exact) mass is 275 g/mol. The quantitative estimate of drug-likeness (QED) is 0.819. The third kappa shape index (κ3) is 3.44. The number of rotatable bonds is 4. The Balaban J connectivity index is 1.88. The molecule has 1 N–H and O–H groups in total. The molecule has 0 aromatic rings. The SMILES string of the molecule is CC[C@H]1CC[C@@H](NS(=O)(=O)N2CCN(C)CC2)C1. The highest BCUT2D eigenvalue weighted by atomic mass is 32.2. The molecule has 18 heavy (non-hydrogen) atoms. The first kappa shape index (κ1) is 14.2. The number of nitrogens with one attached hydrogen (secondary N) is 1. The first-order chi connectivity index (χ1) is 8.51. The number of hydrogen-bond acceptors (Lipinski definition) is 3. The Morgan fingerprint density at radius 3 is 2.39 bits per heavy atom. The Labute approximate surface area is 111 Å². The van der Waals surface area contributed by atoms with E-state index in [4.69, 9.17) is 0 Å². The van der Waals surface area contributed by atoms with Crippen LogP contribution in [0.1, 0.15) is 32.6 Å². The summed E-state index contributed by atoms with van der Waals surface area (Å²) in [5.41, 5.74) is 0. The molecule has 0 unspecified atom stereocenters. The molecular weight excluding hydrogens is 250 g/mol. The molecular formula is C12H25N3O2S. The summed E-state index contributed by atoms with van der Waals surface area (Å²) < 4.78 is 29.0. The number of piperazine rings is 1. The van der Waals surface area contributed by atoms with Gasteiger partial charge in [-0.15, -0.1) is 0 Å². The van der Waals surface area contributed by atoms with Gasteiger partial charge in [0.1, 0.15) is 0 Å². The lowest BCUT2D eigenvalue weighted by atomic mass is 10.1. The molecule has 1 saturated heterocycles. The Bertz CT molecular complexity index is 364. The van der Waals surface area contributed by atoms with Gasteiger partial charge in [-0.3, -0.25) is 0 Å². The van der Waals surface area contributed by atoms with Gasteiger partial charge in [0.25, 0.3) is 10.2 Å². The summed E-state index contributed by atoms with van der Waals surface area (Å²) in [5, 5.41) is 0. The van der Waals surface area contributed by atoms with Gasteiger partial charge in [-0.05, 0) is 32.2 Å². The van der Waals surface area contributed by atoms with E-state index in [2.05, 4.69) is 16.5 Å². The van der Waals surface area contributed by atoms with Crippen LogP contribution in [-0.2, 0) is 10.2 Å². The number of likely N-dealkylation sites (N-methyl/N-ethyl adjacent to an activating group) is 1. The van der Waals surface area contributed by atoms with Crippen LogP contribution in [0.5, 0.6) is 0 Å². The zero-order chi connectivity index (χ0) is 13.2. The Morgan fingerprint density at radius 2 is 1.83 bits per heavy atom. The minimum atomic E-state index is -3.27. The smallest absolute Gasteiger partial charge is 0.279 e. The van der Waals surface area contributed by atoms with Crippen LogP contribution in [0, 0.1) is 5.92 Å². The van der Waals surface area contributed by atoms with Crippen LogP contribution in [-0.4, -0.2) is 56.9 Å². The van der Waals surface area contributed by atoms with Gasteiger partial charge in [0.05, 0.1) is 0 Å². The van der Waals surface area contributed by atoms with E-state index in [-0.39, 0.29) is 6.04 Å². The molecule has 0 bridgehead atoms. The average molecular weight is 275 g/mol. The lowest BCUT2D eigenvalue weighted by Crippen LogP contribution is -2.52. The second-order valence-corrected chi connectivity index (χ2v) is 7.31. The lowest BCUT2D eigenvalue weighted by Gasteiger charge is -2.32. The van der Waals surface area contributed by atoms with Gasteiger partial charge in [0.2, 0.25) is 0 Å². The molecule has 0 amide bonds. The summed E-state index contributed by atoms with van der Waals surface area (Å²) in [4.78, 5) is 2.16. The molecule has 1 heterocycles. The predicted molar refractivity (Wildman–Crippen MR) is 72.5 cm³/mol. The normalized spacial score (nSPS) is 31.9. The highest BCUT2D eigenvalue weighted by molar-refractivity contribution is 7.87. The van der Waals surface area contributed by atoms with E-state index in [1.54, 1.807) is 4.31 Å². The summed E-state index contributed by atoms with van der Waals surface area (Å²) in [5.74, 6) is 0.699. The molecule has 2 fully saturated rings. The van der Waals surface area contributed by atoms with Gasteiger partial charge in [-0.1, -0.05) is 13.3 Å². The van der Waals surface area contributed by atoms with Crippen LogP contribution in [0.3, 0.4) is 0 Å². The van der Waals surface area contributed by atoms with Crippen molar-refractivity contribution in [1.82, 2.24) is 13.9 Å². The van der Waals surface area contributed by atoms with Crippen LogP contribution in [0.4, 0.5) is 0 Å². The predicted octanol–water partition coefficient (Wildman–Crippen LogP) is 0.647. The summed E-state index contributed by atoms with van der Waals surface area (Å²) in [6.45, 7) is 5.04. The fourth-order valence-electron chi connectivity index (χ4n) is 2.87. The maximum absolute atomic E-state index is 12.2. The Hall–Kier alpha value is -0.170. The summed E-state index contributed by atoms with van der Waals surface area (Å²) in [7, 11) is -1.24. The molecule has 106 valence electrons. The fourth-order valence-corrected chi connectivity index (χ4v) is 4.29. The molecule has 0 aromatic carbocycles. The molecule has 5 nitrogen and oxygen atoms in total. The molecule has 1 aliphatic heterocycles. The third-order valence-electron chi connectivity index (χ3n) is 4.24. The maximum Gasteiger partial charge on any atom is 0.279 e. The van der Waals surface area contributed by atoms with Crippen LogP contribution in [0.25, 0.3) is 0 Å². The van der Waals surface area contributed by atoms with E-state index in [0.29, 0.717) is 19.0 Å². The van der Waals surface area contributed by atoms with Crippen molar-refractivity contribution in [2.75, 3.05) is 33.2 Å². The topological polar surface area (TPSA) is 52.7 Å². The zero-order valence-electron chi connectivity index (χ0n) is 11.4. The van der Waals surface area contributed by atoms with Crippen molar-refractivity contribution in [3.05, 3.63) is 0 Å². The van der Waals surface area contributed by atoms with E-state index in [9.17, 15) is 8.42 Å². The van der Waals surface area contributed by atoms with Crippen LogP contribution in [0.15, 0.2) is 0 Å². The van der Waals surface area contributed by atoms with E-state index >= 15 is 0 Å². The Kier molecular flexibility index (Phi) is 4.64. The van der Waals surface area contributed by atoms with E-state index < -0.39 is 10.2 Å². The van der Waals surface area contributed by atoms with Crippen molar-refractivity contribution in [3.63, 3.8) is 0 Å². The Morgan fingerprint density at radius 1 is 1.17 bits per heavy atom. The number of hydrogen-bond donors (Lipinski definition) is 1. The van der Waals surface area contributed by atoms with E-state index in [1.807, 2.05) is 7.05 Å². The largest absolute Gasteiger partial charge is 0.304 e. The molecule has 0 radical (unpaired) electrons. The summed E-state index contributed by atoms with van der Waals surface area (Å²) >= 11 is 0. The molecule has 1 saturated carbocycles. The van der Waals surface area contributed by atoms with Gasteiger partial charge in [0, 0.05) is 32.2 Å². The molecule has 2 aliphatic rings. The zero-order valence-corrected chi connectivity index (χ0v) is 12.2. The summed E-state index contributed by atoms with van der Waals surface area (Å²) in [6, 6.07) is 0.152. The second kappa shape index (κ2) is 5.86. The molecule has 2 rings (SSSR count). The highest BCUT2D eigenvalue weighted by Gasteiger charge is 2.31. The minimum absolute atomic E-state index is 0.152. The molecule has 0 aromatic heterocycles. The molecule has 6 heteroatoms. The third-order valence-corrected chi connectivity index (χ3v) is 5.91.